The highest BCUT2D eigenvalue weighted by Gasteiger charge is 2.21. The fraction of sp³-hybridized carbons (Fsp3) is 0.208. The molecule has 1 atom stereocenters. The number of hydrogen-bond donors (Lipinski definition) is 1. The van der Waals surface area contributed by atoms with E-state index in [0.717, 1.165) is 11.1 Å². The number of furan rings is 1. The number of aryl methyl sites for hydroxylation is 2. The molecule has 154 valence electrons. The Morgan fingerprint density at radius 3 is 2.40 bits per heavy atom. The van der Waals surface area contributed by atoms with Crippen molar-refractivity contribution in [2.45, 2.75) is 26.8 Å². The lowest BCUT2D eigenvalue weighted by Crippen LogP contribution is -2.31. The van der Waals surface area contributed by atoms with Gasteiger partial charge in [0.05, 0.1) is 17.9 Å². The molecule has 3 rings (SSSR count). The smallest absolute Gasteiger partial charge is 0.339 e. The first-order chi connectivity index (χ1) is 14.4. The van der Waals surface area contributed by atoms with Crippen LogP contribution >= 0.6 is 0 Å². The first kappa shape index (κ1) is 21.0. The Bertz CT molecular complexity index is 1070. The number of carbonyl (C=O) groups excluding carboxylic acids is 3. The van der Waals surface area contributed by atoms with E-state index in [4.69, 9.17) is 9.15 Å². The van der Waals surface area contributed by atoms with Gasteiger partial charge in [-0.15, -0.1) is 0 Å². The Balaban J connectivity index is 1.70. The highest BCUT2D eigenvalue weighted by molar-refractivity contribution is 6.15. The second-order valence-electron chi connectivity index (χ2n) is 7.07. The number of benzene rings is 2. The minimum Gasteiger partial charge on any atom is -0.467 e. The number of amides is 1. The molecule has 0 saturated heterocycles. The molecule has 1 aromatic heterocycles. The van der Waals surface area contributed by atoms with Crippen LogP contribution in [-0.4, -0.2) is 24.3 Å². The molecule has 0 unspecified atom stereocenters. The number of ketones is 1. The number of hydrogen-bond acceptors (Lipinski definition) is 5. The lowest BCUT2D eigenvalue weighted by Gasteiger charge is -2.13. The molecule has 1 heterocycles. The highest BCUT2D eigenvalue weighted by atomic mass is 16.5. The molecule has 0 radical (unpaired) electrons. The first-order valence-electron chi connectivity index (χ1n) is 9.57. The van der Waals surface area contributed by atoms with Gasteiger partial charge < -0.3 is 14.5 Å². The maximum Gasteiger partial charge on any atom is 0.339 e. The third-order valence-corrected chi connectivity index (χ3v) is 4.71. The van der Waals surface area contributed by atoms with Crippen molar-refractivity contribution in [2.75, 3.05) is 6.61 Å². The van der Waals surface area contributed by atoms with Crippen LogP contribution in [0.3, 0.4) is 0 Å². The third kappa shape index (κ3) is 4.84. The molecule has 0 fully saturated rings. The van der Waals surface area contributed by atoms with Gasteiger partial charge in [-0.1, -0.05) is 35.9 Å². The summed E-state index contributed by atoms with van der Waals surface area (Å²) in [5, 5.41) is 2.69. The molecule has 0 aliphatic carbocycles. The van der Waals surface area contributed by atoms with Crippen LogP contribution in [-0.2, 0) is 9.53 Å². The Hall–Kier alpha value is -3.67. The zero-order chi connectivity index (χ0) is 21.7. The van der Waals surface area contributed by atoms with E-state index in [0.29, 0.717) is 11.3 Å². The van der Waals surface area contributed by atoms with Gasteiger partial charge in [0, 0.05) is 11.1 Å². The van der Waals surface area contributed by atoms with E-state index in [1.54, 1.807) is 43.3 Å². The van der Waals surface area contributed by atoms with Gasteiger partial charge in [-0.2, -0.15) is 0 Å². The second-order valence-corrected chi connectivity index (χ2v) is 7.07. The van der Waals surface area contributed by atoms with E-state index in [9.17, 15) is 14.4 Å². The van der Waals surface area contributed by atoms with Gasteiger partial charge in [0.25, 0.3) is 5.91 Å². The zero-order valence-corrected chi connectivity index (χ0v) is 17.1. The summed E-state index contributed by atoms with van der Waals surface area (Å²) in [5.41, 5.74) is 2.66. The molecule has 0 saturated carbocycles. The van der Waals surface area contributed by atoms with Crippen molar-refractivity contribution in [3.63, 3.8) is 0 Å². The standard InChI is InChI=1S/C24H23NO5/c1-15-10-11-16(2)20(13-15)23(27)18-7-4-5-8-19(18)24(28)30-14-22(26)25-17(3)21-9-6-12-29-21/h4-13,17H,14H2,1-3H3,(H,25,26)/t17-/m0/s1. The normalized spacial score (nSPS) is 11.6. The average Bonchev–Trinajstić information content (AvgIpc) is 3.28. The van der Waals surface area contributed by atoms with E-state index < -0.39 is 18.5 Å². The molecule has 6 nitrogen and oxygen atoms in total. The van der Waals surface area contributed by atoms with Crippen LogP contribution in [0.2, 0.25) is 0 Å². The summed E-state index contributed by atoms with van der Waals surface area (Å²) in [6.45, 7) is 5.05. The maximum atomic E-state index is 13.1. The monoisotopic (exact) mass is 405 g/mol. The predicted octanol–water partition coefficient (Wildman–Crippen LogP) is 4.16. The Morgan fingerprint density at radius 1 is 0.967 bits per heavy atom. The fourth-order valence-corrected chi connectivity index (χ4v) is 3.09. The van der Waals surface area contributed by atoms with Gasteiger partial charge in [-0.25, -0.2) is 4.79 Å². The van der Waals surface area contributed by atoms with E-state index >= 15 is 0 Å². The topological polar surface area (TPSA) is 85.6 Å². The Kier molecular flexibility index (Phi) is 6.47. The summed E-state index contributed by atoms with van der Waals surface area (Å²) in [4.78, 5) is 37.8. The number of carbonyl (C=O) groups is 3. The minimum absolute atomic E-state index is 0.121. The molecule has 0 aliphatic rings. The van der Waals surface area contributed by atoms with Gasteiger partial charge >= 0.3 is 5.97 Å². The summed E-state index contributed by atoms with van der Waals surface area (Å²) in [6.07, 6.45) is 1.52. The van der Waals surface area contributed by atoms with Crippen LogP contribution in [0.1, 0.15) is 56.1 Å². The molecule has 30 heavy (non-hydrogen) atoms. The molecular formula is C24H23NO5. The van der Waals surface area contributed by atoms with E-state index in [2.05, 4.69) is 5.32 Å². The Labute approximate surface area is 174 Å². The molecule has 3 aromatic rings. The molecular weight excluding hydrogens is 382 g/mol. The number of nitrogens with one attached hydrogen (secondary N) is 1. The van der Waals surface area contributed by atoms with Gasteiger partial charge in [0.1, 0.15) is 5.76 Å². The van der Waals surface area contributed by atoms with Crippen molar-refractivity contribution in [1.29, 1.82) is 0 Å². The van der Waals surface area contributed by atoms with Gasteiger partial charge in [-0.3, -0.25) is 9.59 Å². The van der Waals surface area contributed by atoms with Crippen molar-refractivity contribution >= 4 is 17.7 Å². The van der Waals surface area contributed by atoms with Gasteiger partial charge in [0.15, 0.2) is 12.4 Å². The summed E-state index contributed by atoms with van der Waals surface area (Å²) in [5.74, 6) is -0.866. The van der Waals surface area contributed by atoms with Crippen molar-refractivity contribution in [3.05, 3.63) is 94.4 Å². The SMILES string of the molecule is Cc1ccc(C)c(C(=O)c2ccccc2C(=O)OCC(=O)N[C@@H](C)c2ccco2)c1. The average molecular weight is 405 g/mol. The molecule has 0 aliphatic heterocycles. The molecule has 0 bridgehead atoms. The predicted molar refractivity (Wildman–Crippen MR) is 111 cm³/mol. The first-order valence-corrected chi connectivity index (χ1v) is 9.57. The van der Waals surface area contributed by atoms with E-state index in [1.807, 2.05) is 26.0 Å². The largest absolute Gasteiger partial charge is 0.467 e. The lowest BCUT2D eigenvalue weighted by atomic mass is 9.94. The Morgan fingerprint density at radius 2 is 1.70 bits per heavy atom. The third-order valence-electron chi connectivity index (χ3n) is 4.71. The summed E-state index contributed by atoms with van der Waals surface area (Å²) < 4.78 is 10.4. The quantitative estimate of drug-likeness (QED) is 0.471. The van der Waals surface area contributed by atoms with Gasteiger partial charge in [0.2, 0.25) is 0 Å². The van der Waals surface area contributed by atoms with Crippen molar-refractivity contribution < 1.29 is 23.5 Å². The van der Waals surface area contributed by atoms with Crippen LogP contribution in [0, 0.1) is 13.8 Å². The zero-order valence-electron chi connectivity index (χ0n) is 17.1. The van der Waals surface area contributed by atoms with Crippen molar-refractivity contribution in [1.82, 2.24) is 5.32 Å². The van der Waals surface area contributed by atoms with Crippen molar-refractivity contribution in [2.24, 2.45) is 0 Å². The molecule has 0 spiro atoms. The van der Waals surface area contributed by atoms with E-state index in [1.165, 1.54) is 12.3 Å². The second kappa shape index (κ2) is 9.22. The van der Waals surface area contributed by atoms with Crippen LogP contribution in [0.5, 0.6) is 0 Å². The molecule has 1 amide bonds. The maximum absolute atomic E-state index is 13.1. The minimum atomic E-state index is -0.731. The summed E-state index contributed by atoms with van der Waals surface area (Å²) >= 11 is 0. The van der Waals surface area contributed by atoms with Gasteiger partial charge in [-0.05, 0) is 50.6 Å². The van der Waals surface area contributed by atoms with Crippen molar-refractivity contribution in [3.8, 4) is 0 Å². The summed E-state index contributed by atoms with van der Waals surface area (Å²) in [7, 11) is 0. The number of ether oxygens (including phenoxy) is 1. The van der Waals surface area contributed by atoms with E-state index in [-0.39, 0.29) is 23.0 Å². The van der Waals surface area contributed by atoms with Crippen LogP contribution in [0.25, 0.3) is 0 Å². The van der Waals surface area contributed by atoms with Crippen LogP contribution in [0.15, 0.2) is 65.3 Å². The summed E-state index contributed by atoms with van der Waals surface area (Å²) in [6, 6.07) is 15.1. The lowest BCUT2D eigenvalue weighted by molar-refractivity contribution is -0.125. The van der Waals surface area contributed by atoms with Crippen LogP contribution in [0.4, 0.5) is 0 Å². The van der Waals surface area contributed by atoms with Crippen LogP contribution < -0.4 is 5.32 Å². The molecule has 6 heteroatoms. The molecule has 1 N–H and O–H groups in total. The fourth-order valence-electron chi connectivity index (χ4n) is 3.09. The number of rotatable bonds is 7. The molecule has 2 aromatic carbocycles. The number of esters is 1. The highest BCUT2D eigenvalue weighted by Crippen LogP contribution is 2.19.